The second-order valence-corrected chi connectivity index (χ2v) is 17.6. The van der Waals surface area contributed by atoms with Crippen molar-refractivity contribution in [3.63, 3.8) is 0 Å². The van der Waals surface area contributed by atoms with Crippen molar-refractivity contribution in [2.75, 3.05) is 60.8 Å². The van der Waals surface area contributed by atoms with Crippen LogP contribution in [-0.2, 0) is 45.2 Å². The Morgan fingerprint density at radius 2 is 1.24 bits per heavy atom. The van der Waals surface area contributed by atoms with E-state index in [1.807, 2.05) is 59.5 Å². The van der Waals surface area contributed by atoms with Gasteiger partial charge in [-0.2, -0.15) is 0 Å². The van der Waals surface area contributed by atoms with Gasteiger partial charge in [0.1, 0.15) is 13.2 Å². The third-order valence-electron chi connectivity index (χ3n) is 12.4. The Bertz CT molecular complexity index is 2950. The molecule has 0 aliphatic carbocycles. The Morgan fingerprint density at radius 1 is 0.671 bits per heavy atom. The molecule has 0 saturated carbocycles. The fourth-order valence-corrected chi connectivity index (χ4v) is 8.98. The molecule has 360 valence electrons. The molecule has 5 aromatic rings. The van der Waals surface area contributed by atoms with Gasteiger partial charge in [0.25, 0.3) is 11.8 Å². The zero-order chi connectivity index (χ0) is 49.1. The first-order valence-corrected chi connectivity index (χ1v) is 22.9. The summed E-state index contributed by atoms with van der Waals surface area (Å²) in [7, 11) is 2.99. The van der Waals surface area contributed by atoms with E-state index in [2.05, 4.69) is 26.6 Å². The number of carbonyl (C=O) groups is 6. The van der Waals surface area contributed by atoms with E-state index in [9.17, 15) is 28.8 Å². The van der Waals surface area contributed by atoms with Crippen molar-refractivity contribution in [3.05, 3.63) is 124 Å². The molecule has 0 radical (unpaired) electrons. The van der Waals surface area contributed by atoms with Gasteiger partial charge in [0, 0.05) is 54.3 Å². The summed E-state index contributed by atoms with van der Waals surface area (Å²) in [6, 6.07) is 27.4. The molecule has 9 rings (SSSR count). The van der Waals surface area contributed by atoms with Crippen LogP contribution in [0.2, 0.25) is 0 Å². The highest BCUT2D eigenvalue weighted by Gasteiger charge is 2.39. The number of carbonyl (C=O) groups excluding carboxylic acids is 6. The molecule has 6 amide bonds. The van der Waals surface area contributed by atoms with E-state index in [4.69, 9.17) is 23.9 Å². The first-order chi connectivity index (χ1) is 33.9. The summed E-state index contributed by atoms with van der Waals surface area (Å²) in [5, 5.41) is 13.7. The van der Waals surface area contributed by atoms with Crippen molar-refractivity contribution in [1.82, 2.24) is 16.0 Å². The van der Waals surface area contributed by atoms with Crippen LogP contribution in [0.3, 0.4) is 0 Å². The van der Waals surface area contributed by atoms with Gasteiger partial charge < -0.3 is 50.4 Å². The average Bonchev–Trinajstić information content (AvgIpc) is 3.86. The lowest BCUT2D eigenvalue weighted by Crippen LogP contribution is -2.44. The van der Waals surface area contributed by atoms with Crippen LogP contribution in [0.25, 0.3) is 0 Å². The highest BCUT2D eigenvalue weighted by atomic mass is 16.5. The van der Waals surface area contributed by atoms with Crippen molar-refractivity contribution in [3.8, 4) is 23.0 Å². The molecule has 2 atom stereocenters. The van der Waals surface area contributed by atoms with Gasteiger partial charge in [0.15, 0.2) is 23.0 Å². The van der Waals surface area contributed by atoms with Gasteiger partial charge in [0.2, 0.25) is 23.6 Å². The summed E-state index contributed by atoms with van der Waals surface area (Å²) in [6.07, 6.45) is 3.16. The molecule has 4 aliphatic rings. The smallest absolute Gasteiger partial charge is 0.261 e. The normalized spacial score (nSPS) is 16.0. The van der Waals surface area contributed by atoms with E-state index in [-0.39, 0.29) is 55.5 Å². The van der Waals surface area contributed by atoms with Gasteiger partial charge in [-0.05, 0) is 71.1 Å². The summed E-state index contributed by atoms with van der Waals surface area (Å²) in [5.74, 6) is -1.30. The second kappa shape index (κ2) is 20.0. The molecule has 18 nitrogen and oxygen atoms in total. The Kier molecular flexibility index (Phi) is 13.4. The molecule has 0 aromatic heterocycles. The minimum absolute atomic E-state index is 0.00419. The first-order valence-electron chi connectivity index (χ1n) is 22.9. The molecule has 5 aromatic carbocycles. The molecule has 4 aliphatic heterocycles. The molecule has 2 unspecified atom stereocenters. The van der Waals surface area contributed by atoms with Crippen LogP contribution in [-0.4, -0.2) is 94.1 Å². The Hall–Kier alpha value is -8.41. The maximum atomic E-state index is 14.1. The third-order valence-corrected chi connectivity index (χ3v) is 12.4. The molecule has 0 fully saturated rings. The fraction of sp³-hybridized carbons (Fsp3) is 0.288. The van der Waals surface area contributed by atoms with E-state index >= 15 is 0 Å². The average molecular weight is 949 g/mol. The molecule has 18 heteroatoms. The van der Waals surface area contributed by atoms with Crippen LogP contribution in [0.4, 0.5) is 28.4 Å². The van der Waals surface area contributed by atoms with Gasteiger partial charge in [-0.15, -0.1) is 0 Å². The Morgan fingerprint density at radius 3 is 1.90 bits per heavy atom. The number of aliphatic imine (C=N–C) groups is 1. The maximum absolute atomic E-state index is 14.1. The number of hydrogen-bond donors (Lipinski definition) is 5. The molecule has 0 bridgehead atoms. The molecular weight excluding hydrogens is 897 g/mol. The topological polar surface area (TPSA) is 218 Å². The quantitative estimate of drug-likeness (QED) is 0.0878. The van der Waals surface area contributed by atoms with Crippen LogP contribution >= 0.6 is 0 Å². The summed E-state index contributed by atoms with van der Waals surface area (Å²) < 4.78 is 24.3. The van der Waals surface area contributed by atoms with Crippen LogP contribution in [0.1, 0.15) is 56.8 Å². The van der Waals surface area contributed by atoms with Crippen molar-refractivity contribution in [1.29, 1.82) is 0 Å². The van der Waals surface area contributed by atoms with Gasteiger partial charge in [-0.25, -0.2) is 0 Å². The lowest BCUT2D eigenvalue weighted by molar-refractivity contribution is -0.129. The van der Waals surface area contributed by atoms with E-state index in [0.29, 0.717) is 75.3 Å². The molecule has 70 heavy (non-hydrogen) atoms. The number of hydrogen-bond acceptors (Lipinski definition) is 12. The van der Waals surface area contributed by atoms with E-state index in [1.54, 1.807) is 61.4 Å². The van der Waals surface area contributed by atoms with E-state index in [0.717, 1.165) is 28.9 Å². The van der Waals surface area contributed by atoms with E-state index < -0.39 is 30.8 Å². The number of benzene rings is 5. The monoisotopic (exact) mass is 948 g/mol. The predicted molar refractivity (Wildman–Crippen MR) is 262 cm³/mol. The summed E-state index contributed by atoms with van der Waals surface area (Å²) in [4.78, 5) is 86.2. The highest BCUT2D eigenvalue weighted by Crippen LogP contribution is 2.43. The summed E-state index contributed by atoms with van der Waals surface area (Å²) >= 11 is 0. The number of rotatable bonds is 16. The minimum Gasteiger partial charge on any atom is -0.493 e. The molecule has 4 heterocycles. The molecule has 0 spiro atoms. The number of ether oxygens (including phenoxy) is 4. The van der Waals surface area contributed by atoms with Gasteiger partial charge in [0.05, 0.1) is 68.4 Å². The zero-order valence-corrected chi connectivity index (χ0v) is 39.1. The second-order valence-electron chi connectivity index (χ2n) is 17.6. The van der Waals surface area contributed by atoms with Crippen molar-refractivity contribution in [2.24, 2.45) is 10.9 Å². The van der Waals surface area contributed by atoms with Gasteiger partial charge >= 0.3 is 0 Å². The summed E-state index contributed by atoms with van der Waals surface area (Å²) in [6.45, 7) is 2.79. The van der Waals surface area contributed by atoms with Gasteiger partial charge in [-0.1, -0.05) is 50.2 Å². The molecule has 5 N–H and O–H groups in total. The number of para-hydroxylation sites is 2. The predicted octanol–water partition coefficient (Wildman–Crippen LogP) is 5.09. The number of fused-ring (bicyclic) bond motifs is 8. The largest absolute Gasteiger partial charge is 0.493 e. The minimum atomic E-state index is -0.614. The van der Waals surface area contributed by atoms with Crippen molar-refractivity contribution < 1.29 is 47.7 Å². The number of methoxy groups -OCH3 is 2. The number of nitrogens with zero attached hydrogens (tertiary/aromatic N) is 3. The van der Waals surface area contributed by atoms with Crippen molar-refractivity contribution in [2.45, 2.75) is 52.0 Å². The highest BCUT2D eigenvalue weighted by molar-refractivity contribution is 6.15. The SMILES string of the molecule is COc1cc2c(cc1OCc1cc(COc3cc4c(cc3OC)C(=O)N3c5ccccc5CC3CN4)cc(NC(=O)CNC(=O)CNC(=O)CNC(=O)C(C)C)c1)N=CC1Cc3ccccc3N1C2=O. The third kappa shape index (κ3) is 9.78. The van der Waals surface area contributed by atoms with Crippen molar-refractivity contribution >= 4 is 70.1 Å². The lowest BCUT2D eigenvalue weighted by Gasteiger charge is -2.22. The number of nitrogens with one attached hydrogen (secondary N) is 5. The zero-order valence-electron chi connectivity index (χ0n) is 39.1. The van der Waals surface area contributed by atoms with Crippen LogP contribution in [0.5, 0.6) is 23.0 Å². The standard InChI is InChI=1S/C52H52N8O10/c1-29(2)50(64)57-25-48(62)55-24-47(61)56-26-49(63)58-34-14-30(27-69-45-20-39-37(18-43(45)67-3)51(65)59-35(22-53-39)16-32-9-5-7-11-41(32)59)13-31(15-34)28-70-46-21-40-38(19-44(46)68-4)52(66)60-36(23-54-40)17-33-10-6-8-12-42(33)60/h5-15,18-22,29,35-36,54H,16-17,23-28H2,1-4H3,(H,55,62)(H,56,61)(H,57,64)(H,58,63). The summed E-state index contributed by atoms with van der Waals surface area (Å²) in [5.41, 5.74) is 7.38. The molecular formula is C52H52N8O10. The van der Waals surface area contributed by atoms with Crippen LogP contribution in [0.15, 0.2) is 96.0 Å². The lowest BCUT2D eigenvalue weighted by atomic mass is 10.1. The van der Waals surface area contributed by atoms with Crippen LogP contribution in [0, 0.1) is 5.92 Å². The maximum Gasteiger partial charge on any atom is 0.261 e. The van der Waals surface area contributed by atoms with Crippen LogP contribution < -0.4 is 55.3 Å². The Balaban J connectivity index is 0.925. The number of amides is 6. The number of anilines is 4. The first kappa shape index (κ1) is 46.7. The Labute approximate surface area is 403 Å². The fourth-order valence-electron chi connectivity index (χ4n) is 8.98. The molecule has 0 saturated heterocycles. The van der Waals surface area contributed by atoms with E-state index in [1.165, 1.54) is 14.2 Å². The van der Waals surface area contributed by atoms with Gasteiger partial charge in [-0.3, -0.25) is 38.7 Å².